The van der Waals surface area contributed by atoms with Crippen LogP contribution in [0.2, 0.25) is 0 Å². The first-order valence-electron chi connectivity index (χ1n) is 8.51. The molecule has 6 heteroatoms. The molecule has 0 saturated carbocycles. The van der Waals surface area contributed by atoms with Gasteiger partial charge in [-0.2, -0.15) is 11.8 Å². The molecule has 2 aromatic rings. The Labute approximate surface area is 158 Å². The third kappa shape index (κ3) is 6.90. The second-order valence-electron chi connectivity index (χ2n) is 5.56. The van der Waals surface area contributed by atoms with Gasteiger partial charge in [-0.05, 0) is 11.1 Å². The largest absolute Gasteiger partial charge is 0.368 e. The van der Waals surface area contributed by atoms with Gasteiger partial charge >= 0.3 is 6.03 Å². The molecule has 2 N–H and O–H groups in total. The summed E-state index contributed by atoms with van der Waals surface area (Å²) in [6.07, 6.45) is 0.202. The van der Waals surface area contributed by atoms with Gasteiger partial charge in [0.15, 0.2) is 0 Å². The van der Waals surface area contributed by atoms with Crippen molar-refractivity contribution in [1.82, 2.24) is 10.6 Å². The Hall–Kier alpha value is -2.31. The maximum atomic E-state index is 11.5. The molecule has 2 aromatic carbocycles. The fraction of sp³-hybridized carbons (Fsp3) is 0.300. The van der Waals surface area contributed by atoms with Crippen LogP contribution in [-0.2, 0) is 9.53 Å². The van der Waals surface area contributed by atoms with Gasteiger partial charge in [-0.3, -0.25) is 10.1 Å². The number of rotatable bonds is 9. The molecule has 0 aliphatic carbocycles. The topological polar surface area (TPSA) is 67.4 Å². The normalized spacial score (nSPS) is 10.5. The lowest BCUT2D eigenvalue weighted by atomic mass is 10.0. The van der Waals surface area contributed by atoms with E-state index >= 15 is 0 Å². The van der Waals surface area contributed by atoms with Gasteiger partial charge in [0.05, 0.1) is 6.61 Å². The monoisotopic (exact) mass is 372 g/mol. The molecule has 0 aromatic heterocycles. The zero-order valence-corrected chi connectivity index (χ0v) is 15.6. The summed E-state index contributed by atoms with van der Waals surface area (Å²) >= 11 is 1.63. The molecule has 5 nitrogen and oxygen atoms in total. The third-order valence-corrected chi connectivity index (χ3v) is 4.62. The number of imide groups is 1. The lowest BCUT2D eigenvalue weighted by Crippen LogP contribution is -2.37. The van der Waals surface area contributed by atoms with E-state index in [9.17, 15) is 9.59 Å². The molecule has 2 rings (SSSR count). The Morgan fingerprint density at radius 1 is 0.962 bits per heavy atom. The van der Waals surface area contributed by atoms with Gasteiger partial charge in [0.1, 0.15) is 6.10 Å². The molecule has 0 fully saturated rings. The highest BCUT2D eigenvalue weighted by Gasteiger charge is 2.14. The Morgan fingerprint density at radius 2 is 1.54 bits per heavy atom. The van der Waals surface area contributed by atoms with Crippen LogP contribution in [-0.4, -0.2) is 37.1 Å². The molecule has 0 aliphatic heterocycles. The minimum absolute atomic E-state index is 0.102. The van der Waals surface area contributed by atoms with Gasteiger partial charge in [0.25, 0.3) is 0 Å². The zero-order chi connectivity index (χ0) is 18.6. The predicted molar refractivity (Wildman–Crippen MR) is 105 cm³/mol. The minimum Gasteiger partial charge on any atom is -0.368 e. The van der Waals surface area contributed by atoms with Crippen LogP contribution in [0.1, 0.15) is 23.7 Å². The van der Waals surface area contributed by atoms with Crippen LogP contribution < -0.4 is 10.6 Å². The summed E-state index contributed by atoms with van der Waals surface area (Å²) in [5.74, 6) is 1.15. The van der Waals surface area contributed by atoms with Crippen molar-refractivity contribution in [2.75, 3.05) is 25.2 Å². The summed E-state index contributed by atoms with van der Waals surface area (Å²) in [7, 11) is 1.48. The van der Waals surface area contributed by atoms with Crippen molar-refractivity contribution in [2.45, 2.75) is 12.5 Å². The average molecular weight is 372 g/mol. The molecular weight excluding hydrogens is 348 g/mol. The number of amides is 3. The molecule has 0 spiro atoms. The smallest absolute Gasteiger partial charge is 0.321 e. The highest BCUT2D eigenvalue weighted by molar-refractivity contribution is 7.99. The Kier molecular flexibility index (Phi) is 8.72. The fourth-order valence-electron chi connectivity index (χ4n) is 2.38. The Balaban J connectivity index is 1.76. The summed E-state index contributed by atoms with van der Waals surface area (Å²) in [5.41, 5.74) is 2.24. The summed E-state index contributed by atoms with van der Waals surface area (Å²) in [4.78, 5) is 22.5. The van der Waals surface area contributed by atoms with Crippen molar-refractivity contribution < 1.29 is 14.3 Å². The summed E-state index contributed by atoms with van der Waals surface area (Å²) in [5, 5.41) is 4.60. The highest BCUT2D eigenvalue weighted by atomic mass is 32.2. The van der Waals surface area contributed by atoms with Crippen LogP contribution in [0.5, 0.6) is 0 Å². The molecule has 138 valence electrons. The number of ether oxygens (including phenoxy) is 1. The molecule has 0 radical (unpaired) electrons. The third-order valence-electron chi connectivity index (χ3n) is 3.67. The second kappa shape index (κ2) is 11.3. The van der Waals surface area contributed by atoms with E-state index in [2.05, 4.69) is 34.9 Å². The summed E-state index contributed by atoms with van der Waals surface area (Å²) < 4.78 is 6.12. The molecule has 26 heavy (non-hydrogen) atoms. The van der Waals surface area contributed by atoms with Gasteiger partial charge in [0, 0.05) is 25.0 Å². The quantitative estimate of drug-likeness (QED) is 0.662. The van der Waals surface area contributed by atoms with Gasteiger partial charge in [-0.25, -0.2) is 4.79 Å². The van der Waals surface area contributed by atoms with E-state index in [-0.39, 0.29) is 12.0 Å². The van der Waals surface area contributed by atoms with Gasteiger partial charge in [-0.15, -0.1) is 0 Å². The Bertz CT molecular complexity index is 640. The number of carbonyl (C=O) groups excluding carboxylic acids is 2. The van der Waals surface area contributed by atoms with Crippen LogP contribution in [0.4, 0.5) is 4.79 Å². The number of carbonyl (C=O) groups is 2. The van der Waals surface area contributed by atoms with E-state index in [1.807, 2.05) is 36.4 Å². The van der Waals surface area contributed by atoms with E-state index < -0.39 is 6.03 Å². The molecule has 0 unspecified atom stereocenters. The Morgan fingerprint density at radius 3 is 2.08 bits per heavy atom. The first-order valence-corrected chi connectivity index (χ1v) is 9.67. The molecular formula is C20H24N2O3S. The lowest BCUT2D eigenvalue weighted by molar-refractivity contribution is -0.119. The van der Waals surface area contributed by atoms with Crippen LogP contribution in [0.3, 0.4) is 0 Å². The fourth-order valence-corrected chi connectivity index (χ4v) is 3.13. The molecule has 0 saturated heterocycles. The van der Waals surface area contributed by atoms with Crippen molar-refractivity contribution in [1.29, 1.82) is 0 Å². The molecule has 3 amide bonds. The van der Waals surface area contributed by atoms with Crippen LogP contribution in [0.15, 0.2) is 60.7 Å². The van der Waals surface area contributed by atoms with E-state index in [1.54, 1.807) is 11.8 Å². The van der Waals surface area contributed by atoms with E-state index in [0.717, 1.165) is 16.9 Å². The van der Waals surface area contributed by atoms with Crippen molar-refractivity contribution in [3.05, 3.63) is 71.8 Å². The first-order chi connectivity index (χ1) is 12.7. The van der Waals surface area contributed by atoms with E-state index in [0.29, 0.717) is 18.8 Å². The molecule has 0 aliphatic rings. The first kappa shape index (κ1) is 20.0. The number of thioether (sulfide) groups is 1. The number of hydrogen-bond acceptors (Lipinski definition) is 4. The minimum atomic E-state index is -0.475. The molecule has 0 atom stereocenters. The number of nitrogens with one attached hydrogen (secondary N) is 2. The van der Waals surface area contributed by atoms with E-state index in [4.69, 9.17) is 4.74 Å². The van der Waals surface area contributed by atoms with Crippen molar-refractivity contribution in [3.8, 4) is 0 Å². The van der Waals surface area contributed by atoms with Crippen molar-refractivity contribution >= 4 is 23.7 Å². The summed E-state index contributed by atoms with van der Waals surface area (Å²) in [6.45, 7) is 0.580. The van der Waals surface area contributed by atoms with Gasteiger partial charge in [-0.1, -0.05) is 60.7 Å². The van der Waals surface area contributed by atoms with Crippen LogP contribution >= 0.6 is 11.8 Å². The molecule has 0 heterocycles. The number of urea groups is 1. The predicted octanol–water partition coefficient (Wildman–Crippen LogP) is 3.37. The molecule has 0 bridgehead atoms. The van der Waals surface area contributed by atoms with Crippen LogP contribution in [0.25, 0.3) is 0 Å². The standard InChI is InChI=1S/C20H24N2O3S/c1-21-20(24)22-18(23)12-14-26-15-13-25-19(16-8-4-2-5-9-16)17-10-6-3-7-11-17/h2-11,19H,12-15H2,1H3,(H2,21,22,23,24). The highest BCUT2D eigenvalue weighted by Crippen LogP contribution is 2.25. The van der Waals surface area contributed by atoms with Crippen molar-refractivity contribution in [2.24, 2.45) is 0 Å². The second-order valence-corrected chi connectivity index (χ2v) is 6.79. The van der Waals surface area contributed by atoms with E-state index in [1.165, 1.54) is 7.05 Å². The zero-order valence-electron chi connectivity index (χ0n) is 14.8. The lowest BCUT2D eigenvalue weighted by Gasteiger charge is -2.19. The van der Waals surface area contributed by atoms with Gasteiger partial charge in [0.2, 0.25) is 5.91 Å². The SMILES string of the molecule is CNC(=O)NC(=O)CCSCCOC(c1ccccc1)c1ccccc1. The maximum absolute atomic E-state index is 11.5. The number of benzene rings is 2. The summed E-state index contributed by atoms with van der Waals surface area (Å²) in [6, 6.07) is 19.8. The van der Waals surface area contributed by atoms with Gasteiger partial charge < -0.3 is 10.1 Å². The number of hydrogen-bond donors (Lipinski definition) is 2. The average Bonchev–Trinajstić information content (AvgIpc) is 2.68. The van der Waals surface area contributed by atoms with Crippen LogP contribution in [0, 0.1) is 0 Å². The maximum Gasteiger partial charge on any atom is 0.321 e. The van der Waals surface area contributed by atoms with Crippen molar-refractivity contribution in [3.63, 3.8) is 0 Å².